The van der Waals surface area contributed by atoms with E-state index in [9.17, 15) is 14.7 Å². The molecule has 0 spiro atoms. The second-order valence-corrected chi connectivity index (χ2v) is 9.59. The average Bonchev–Trinajstić information content (AvgIpc) is 3.60. The number of hydrogen-bond acceptors (Lipinski definition) is 6. The molecule has 7 heteroatoms. The maximum Gasteiger partial charge on any atom is 0.296 e. The molecule has 2 aromatic carbocycles. The molecular weight excluding hydrogens is 470 g/mol. The molecule has 1 N–H and O–H groups in total. The molecule has 0 aliphatic carbocycles. The van der Waals surface area contributed by atoms with Crippen LogP contribution in [0.2, 0.25) is 0 Å². The predicted octanol–water partition coefficient (Wildman–Crippen LogP) is 5.79. The number of likely N-dealkylation sites (tertiary alicyclic amines) is 1. The number of ether oxygens (including phenoxy) is 2. The molecule has 2 aliphatic rings. The highest BCUT2D eigenvalue weighted by atomic mass is 16.5. The van der Waals surface area contributed by atoms with Crippen molar-refractivity contribution in [2.45, 2.75) is 58.2 Å². The highest BCUT2D eigenvalue weighted by Gasteiger charge is 2.46. The molecule has 1 aromatic heterocycles. The van der Waals surface area contributed by atoms with Crippen LogP contribution in [-0.2, 0) is 22.6 Å². The van der Waals surface area contributed by atoms with Crippen molar-refractivity contribution in [1.29, 1.82) is 0 Å². The van der Waals surface area contributed by atoms with Gasteiger partial charge >= 0.3 is 0 Å². The summed E-state index contributed by atoms with van der Waals surface area (Å²) in [6, 6.07) is 15.4. The SMILES string of the molecule is CCCCCOc1cccc([C@@H]2C(=C(O)c3ccc4c(c3)C[C@@H](C)O4)C(=O)C(=O)N2Cc2ccco2)c1. The topological polar surface area (TPSA) is 89.2 Å². The Balaban J connectivity index is 1.56. The number of ketones is 1. The van der Waals surface area contributed by atoms with Crippen LogP contribution in [0.15, 0.2) is 70.9 Å². The number of amides is 1. The Labute approximate surface area is 216 Å². The molecule has 0 unspecified atom stereocenters. The van der Waals surface area contributed by atoms with Crippen LogP contribution in [0.3, 0.4) is 0 Å². The van der Waals surface area contributed by atoms with Gasteiger partial charge < -0.3 is 23.9 Å². The number of aliphatic hydroxyl groups is 1. The number of hydrogen-bond donors (Lipinski definition) is 1. The van der Waals surface area contributed by atoms with Gasteiger partial charge in [-0.3, -0.25) is 9.59 Å². The van der Waals surface area contributed by atoms with Crippen molar-refractivity contribution in [2.24, 2.45) is 0 Å². The summed E-state index contributed by atoms with van der Waals surface area (Å²) in [4.78, 5) is 28.1. The molecule has 3 aromatic rings. The fourth-order valence-corrected chi connectivity index (χ4v) is 5.00. The molecule has 1 saturated heterocycles. The van der Waals surface area contributed by atoms with Crippen molar-refractivity contribution in [3.05, 3.63) is 88.9 Å². The molecule has 2 aliphatic heterocycles. The van der Waals surface area contributed by atoms with Gasteiger partial charge in [0.15, 0.2) is 0 Å². The highest BCUT2D eigenvalue weighted by molar-refractivity contribution is 6.46. The minimum Gasteiger partial charge on any atom is -0.507 e. The van der Waals surface area contributed by atoms with Crippen LogP contribution in [-0.4, -0.2) is 34.4 Å². The number of unbranched alkanes of at least 4 members (excludes halogenated alkanes) is 2. The molecule has 1 amide bonds. The summed E-state index contributed by atoms with van der Waals surface area (Å²) in [5.74, 6) is 0.348. The lowest BCUT2D eigenvalue weighted by Gasteiger charge is -2.25. The lowest BCUT2D eigenvalue weighted by molar-refractivity contribution is -0.140. The first-order valence-corrected chi connectivity index (χ1v) is 12.8. The van der Waals surface area contributed by atoms with Crippen molar-refractivity contribution >= 4 is 17.4 Å². The van der Waals surface area contributed by atoms with Gasteiger partial charge in [0, 0.05) is 12.0 Å². The normalized spacial score (nSPS) is 20.2. The van der Waals surface area contributed by atoms with E-state index in [-0.39, 0.29) is 24.0 Å². The molecule has 37 heavy (non-hydrogen) atoms. The van der Waals surface area contributed by atoms with E-state index in [0.717, 1.165) is 30.6 Å². The number of fused-ring (bicyclic) bond motifs is 1. The lowest BCUT2D eigenvalue weighted by atomic mass is 9.94. The van der Waals surface area contributed by atoms with Crippen LogP contribution >= 0.6 is 0 Å². The molecule has 7 nitrogen and oxygen atoms in total. The first-order chi connectivity index (χ1) is 18.0. The second kappa shape index (κ2) is 10.5. The summed E-state index contributed by atoms with van der Waals surface area (Å²) in [5.41, 5.74) is 2.16. The van der Waals surface area contributed by atoms with Gasteiger partial charge in [-0.15, -0.1) is 0 Å². The monoisotopic (exact) mass is 501 g/mol. The molecule has 5 rings (SSSR count). The Morgan fingerprint density at radius 1 is 1.11 bits per heavy atom. The van der Waals surface area contributed by atoms with E-state index in [4.69, 9.17) is 13.9 Å². The van der Waals surface area contributed by atoms with Gasteiger partial charge in [-0.1, -0.05) is 31.9 Å². The van der Waals surface area contributed by atoms with Crippen molar-refractivity contribution in [2.75, 3.05) is 6.61 Å². The highest BCUT2D eigenvalue weighted by Crippen LogP contribution is 2.42. The number of Topliss-reactive ketones (excluding diaryl/α,β-unsaturated/α-hetero) is 1. The minimum absolute atomic E-state index is 0.0475. The lowest BCUT2D eigenvalue weighted by Crippen LogP contribution is -2.29. The molecule has 0 bridgehead atoms. The summed E-state index contributed by atoms with van der Waals surface area (Å²) in [7, 11) is 0. The number of aliphatic hydroxyl groups excluding tert-OH is 1. The van der Waals surface area contributed by atoms with Crippen molar-refractivity contribution in [3.63, 3.8) is 0 Å². The van der Waals surface area contributed by atoms with Gasteiger partial charge in [-0.25, -0.2) is 0 Å². The van der Waals surface area contributed by atoms with Gasteiger partial charge in [0.2, 0.25) is 0 Å². The van der Waals surface area contributed by atoms with Gasteiger partial charge in [0.1, 0.15) is 29.1 Å². The zero-order chi connectivity index (χ0) is 25.9. The Kier molecular flexibility index (Phi) is 7.04. The largest absolute Gasteiger partial charge is 0.507 e. The fourth-order valence-electron chi connectivity index (χ4n) is 5.00. The third-order valence-electron chi connectivity index (χ3n) is 6.81. The number of rotatable bonds is 9. The minimum atomic E-state index is -0.798. The maximum absolute atomic E-state index is 13.4. The number of furan rings is 1. The zero-order valence-corrected chi connectivity index (χ0v) is 21.1. The van der Waals surface area contributed by atoms with E-state index >= 15 is 0 Å². The van der Waals surface area contributed by atoms with Crippen LogP contribution in [0.4, 0.5) is 0 Å². The summed E-state index contributed by atoms with van der Waals surface area (Å²) in [6.07, 6.45) is 5.40. The third kappa shape index (κ3) is 4.99. The Hall–Kier alpha value is -4.00. The Bertz CT molecular complexity index is 1330. The first-order valence-electron chi connectivity index (χ1n) is 12.8. The summed E-state index contributed by atoms with van der Waals surface area (Å²) in [5, 5.41) is 11.4. The summed E-state index contributed by atoms with van der Waals surface area (Å²) in [6.45, 7) is 4.80. The van der Waals surface area contributed by atoms with E-state index in [0.29, 0.717) is 35.7 Å². The molecule has 3 heterocycles. The van der Waals surface area contributed by atoms with E-state index in [1.54, 1.807) is 24.3 Å². The van der Waals surface area contributed by atoms with E-state index in [1.165, 1.54) is 11.2 Å². The van der Waals surface area contributed by atoms with Gasteiger partial charge in [-0.05, 0) is 66.9 Å². The zero-order valence-electron chi connectivity index (χ0n) is 21.1. The van der Waals surface area contributed by atoms with E-state index in [1.807, 2.05) is 37.3 Å². The molecule has 0 radical (unpaired) electrons. The van der Waals surface area contributed by atoms with E-state index in [2.05, 4.69) is 6.92 Å². The second-order valence-electron chi connectivity index (χ2n) is 9.59. The van der Waals surface area contributed by atoms with Crippen LogP contribution in [0.5, 0.6) is 11.5 Å². The van der Waals surface area contributed by atoms with Crippen molar-refractivity contribution < 1.29 is 28.6 Å². The smallest absolute Gasteiger partial charge is 0.296 e. The van der Waals surface area contributed by atoms with E-state index < -0.39 is 17.7 Å². The van der Waals surface area contributed by atoms with Gasteiger partial charge in [-0.2, -0.15) is 0 Å². The number of carbonyl (C=O) groups excluding carboxylic acids is 2. The molecule has 0 saturated carbocycles. The third-order valence-corrected chi connectivity index (χ3v) is 6.81. The molecular formula is C30H31NO6. The molecule has 2 atom stereocenters. The molecule has 1 fully saturated rings. The quantitative estimate of drug-likeness (QED) is 0.173. The fraction of sp³-hybridized carbons (Fsp3) is 0.333. The summed E-state index contributed by atoms with van der Waals surface area (Å²) < 4.78 is 17.2. The number of carbonyl (C=O) groups is 2. The molecule has 192 valence electrons. The first kappa shape index (κ1) is 24.7. The van der Waals surface area contributed by atoms with Gasteiger partial charge in [0.05, 0.1) is 31.0 Å². The summed E-state index contributed by atoms with van der Waals surface area (Å²) >= 11 is 0. The van der Waals surface area contributed by atoms with Crippen LogP contribution in [0.1, 0.15) is 61.6 Å². The predicted molar refractivity (Wildman–Crippen MR) is 138 cm³/mol. The van der Waals surface area contributed by atoms with Gasteiger partial charge in [0.25, 0.3) is 11.7 Å². The number of benzene rings is 2. The standard InChI is InChI=1S/C30H31NO6/c1-3-4-5-13-35-23-9-6-8-20(17-23)27-26(29(33)30(34)31(27)18-24-10-7-14-36-24)28(32)21-11-12-25-22(16-21)15-19(2)37-25/h6-12,14,16-17,19,27,32H,3-5,13,15,18H2,1-2H3/t19-,27-/m1/s1. The Morgan fingerprint density at radius 2 is 1.97 bits per heavy atom. The van der Waals surface area contributed by atoms with Crippen LogP contribution in [0, 0.1) is 0 Å². The van der Waals surface area contributed by atoms with Crippen molar-refractivity contribution in [1.82, 2.24) is 4.90 Å². The van der Waals surface area contributed by atoms with Crippen molar-refractivity contribution in [3.8, 4) is 11.5 Å². The maximum atomic E-state index is 13.4. The van der Waals surface area contributed by atoms with Crippen LogP contribution in [0.25, 0.3) is 5.76 Å². The number of nitrogens with zero attached hydrogens (tertiary/aromatic N) is 1. The average molecular weight is 502 g/mol. The van der Waals surface area contributed by atoms with Crippen LogP contribution < -0.4 is 9.47 Å². The Morgan fingerprint density at radius 3 is 2.76 bits per heavy atom.